The second-order valence-corrected chi connectivity index (χ2v) is 7.27. The molecule has 3 rings (SSSR count). The van der Waals surface area contributed by atoms with Crippen molar-refractivity contribution in [1.29, 1.82) is 0 Å². The number of nitro benzene ring substituents is 1. The Bertz CT molecular complexity index is 910. The summed E-state index contributed by atoms with van der Waals surface area (Å²) in [5, 5.41) is 14.1. The van der Waals surface area contributed by atoms with E-state index in [-0.39, 0.29) is 23.1 Å². The summed E-state index contributed by atoms with van der Waals surface area (Å²) in [7, 11) is -3.51. The molecule has 0 radical (unpaired) electrons. The van der Waals surface area contributed by atoms with Crippen LogP contribution in [0.1, 0.15) is 5.56 Å². The number of hydrogen-bond acceptors (Lipinski definition) is 7. The molecule has 0 atom stereocenters. The molecule has 1 heterocycles. The molecule has 2 aromatic carbocycles. The van der Waals surface area contributed by atoms with Crippen molar-refractivity contribution in [2.24, 2.45) is 0 Å². The molecule has 0 amide bonds. The number of ether oxygens (including phenoxy) is 2. The Balaban J connectivity index is 1.83. The van der Waals surface area contributed by atoms with Crippen molar-refractivity contribution in [3.8, 4) is 11.5 Å². The zero-order valence-corrected chi connectivity index (χ0v) is 13.5. The average molecular weight is 350 g/mol. The first-order chi connectivity index (χ1) is 11.3. The summed E-state index contributed by atoms with van der Waals surface area (Å²) in [6.07, 6.45) is 1.01. The van der Waals surface area contributed by atoms with Crippen molar-refractivity contribution in [2.45, 2.75) is 11.4 Å². The number of fused-ring (bicyclic) bond motifs is 1. The number of rotatable bonds is 5. The van der Waals surface area contributed by atoms with Gasteiger partial charge in [-0.3, -0.25) is 10.1 Å². The van der Waals surface area contributed by atoms with Crippen molar-refractivity contribution >= 4 is 21.2 Å². The minimum absolute atomic E-state index is 0.0946. The van der Waals surface area contributed by atoms with Crippen LogP contribution in [0.15, 0.2) is 41.3 Å². The van der Waals surface area contributed by atoms with E-state index in [1.807, 2.05) is 6.07 Å². The molecule has 0 saturated carbocycles. The molecule has 0 aliphatic carbocycles. The van der Waals surface area contributed by atoms with Crippen LogP contribution in [0.2, 0.25) is 0 Å². The third kappa shape index (κ3) is 3.25. The molecule has 1 aliphatic rings. The number of hydrogen-bond donors (Lipinski definition) is 1. The standard InChI is InChI=1S/C15H14N2O6S/c1-24(20,21)11-3-4-12(13(7-11)17(18)19)16-8-10-2-5-14-15(6-10)23-9-22-14/h2-7,16H,8-9H2,1H3. The number of sulfone groups is 1. The van der Waals surface area contributed by atoms with Gasteiger partial charge >= 0.3 is 0 Å². The lowest BCUT2D eigenvalue weighted by molar-refractivity contribution is -0.384. The summed E-state index contributed by atoms with van der Waals surface area (Å²) in [5.74, 6) is 1.28. The normalized spacial score (nSPS) is 12.9. The molecule has 24 heavy (non-hydrogen) atoms. The molecule has 0 unspecified atom stereocenters. The summed E-state index contributed by atoms with van der Waals surface area (Å²) in [5.41, 5.74) is 0.796. The highest BCUT2D eigenvalue weighted by molar-refractivity contribution is 7.90. The Kier molecular flexibility index (Phi) is 4.02. The van der Waals surface area contributed by atoms with Gasteiger partial charge in [0.1, 0.15) is 5.69 Å². The molecule has 126 valence electrons. The van der Waals surface area contributed by atoms with Crippen molar-refractivity contribution in [2.75, 3.05) is 18.4 Å². The Morgan fingerprint density at radius 1 is 1.17 bits per heavy atom. The lowest BCUT2D eigenvalue weighted by Gasteiger charge is -2.09. The van der Waals surface area contributed by atoms with Gasteiger partial charge in [0.2, 0.25) is 6.79 Å². The second-order valence-electron chi connectivity index (χ2n) is 5.25. The van der Waals surface area contributed by atoms with Gasteiger partial charge in [-0.1, -0.05) is 6.07 Å². The van der Waals surface area contributed by atoms with E-state index in [9.17, 15) is 18.5 Å². The molecule has 1 aliphatic heterocycles. The lowest BCUT2D eigenvalue weighted by atomic mass is 10.2. The molecule has 0 spiro atoms. The van der Waals surface area contributed by atoms with E-state index in [1.165, 1.54) is 12.1 Å². The Labute approximate surface area is 138 Å². The van der Waals surface area contributed by atoms with Gasteiger partial charge in [0.05, 0.1) is 9.82 Å². The number of nitrogens with zero attached hydrogens (tertiary/aromatic N) is 1. The summed E-state index contributed by atoms with van der Waals surface area (Å²) in [6, 6.07) is 9.15. The highest BCUT2D eigenvalue weighted by atomic mass is 32.2. The number of benzene rings is 2. The van der Waals surface area contributed by atoms with E-state index >= 15 is 0 Å². The molecular weight excluding hydrogens is 336 g/mol. The Morgan fingerprint density at radius 3 is 2.62 bits per heavy atom. The Morgan fingerprint density at radius 2 is 1.92 bits per heavy atom. The molecular formula is C15H14N2O6S. The first-order valence-corrected chi connectivity index (χ1v) is 8.84. The predicted molar refractivity (Wildman–Crippen MR) is 86.1 cm³/mol. The van der Waals surface area contributed by atoms with Crippen LogP contribution < -0.4 is 14.8 Å². The van der Waals surface area contributed by atoms with Crippen molar-refractivity contribution in [3.05, 3.63) is 52.1 Å². The van der Waals surface area contributed by atoms with Crippen molar-refractivity contribution < 1.29 is 22.8 Å². The molecule has 0 fully saturated rings. The third-order valence-corrected chi connectivity index (χ3v) is 4.62. The second kappa shape index (κ2) is 6.00. The highest BCUT2D eigenvalue weighted by Crippen LogP contribution is 2.33. The largest absolute Gasteiger partial charge is 0.454 e. The zero-order chi connectivity index (χ0) is 17.3. The molecule has 9 heteroatoms. The van der Waals surface area contributed by atoms with E-state index < -0.39 is 14.8 Å². The minimum atomic E-state index is -3.51. The first-order valence-electron chi connectivity index (χ1n) is 6.95. The van der Waals surface area contributed by atoms with E-state index in [0.29, 0.717) is 18.0 Å². The molecule has 8 nitrogen and oxygen atoms in total. The number of nitro groups is 1. The van der Waals surface area contributed by atoms with Crippen LogP contribution in [-0.2, 0) is 16.4 Å². The monoisotopic (exact) mass is 350 g/mol. The van der Waals surface area contributed by atoms with E-state index in [4.69, 9.17) is 9.47 Å². The summed E-state index contributed by atoms with van der Waals surface area (Å²) in [6.45, 7) is 0.486. The van der Waals surface area contributed by atoms with Gasteiger partial charge in [-0.05, 0) is 29.8 Å². The first kappa shape index (κ1) is 16.1. The van der Waals surface area contributed by atoms with E-state index in [0.717, 1.165) is 17.9 Å². The highest BCUT2D eigenvalue weighted by Gasteiger charge is 2.19. The lowest BCUT2D eigenvalue weighted by Crippen LogP contribution is -2.05. The van der Waals surface area contributed by atoms with Crippen molar-refractivity contribution in [3.63, 3.8) is 0 Å². The van der Waals surface area contributed by atoms with Crippen LogP contribution in [0, 0.1) is 10.1 Å². The van der Waals surface area contributed by atoms with Gasteiger partial charge in [0.15, 0.2) is 21.3 Å². The maximum Gasteiger partial charge on any atom is 0.293 e. The van der Waals surface area contributed by atoms with Gasteiger partial charge in [0.25, 0.3) is 5.69 Å². The van der Waals surface area contributed by atoms with Crippen LogP contribution >= 0.6 is 0 Å². The average Bonchev–Trinajstić information content (AvgIpc) is 2.99. The van der Waals surface area contributed by atoms with Crippen LogP contribution in [0.4, 0.5) is 11.4 Å². The van der Waals surface area contributed by atoms with Gasteiger partial charge < -0.3 is 14.8 Å². The summed E-state index contributed by atoms with van der Waals surface area (Å²) in [4.78, 5) is 10.5. The number of anilines is 1. The summed E-state index contributed by atoms with van der Waals surface area (Å²) < 4.78 is 33.6. The minimum Gasteiger partial charge on any atom is -0.454 e. The van der Waals surface area contributed by atoms with Gasteiger partial charge in [-0.2, -0.15) is 0 Å². The molecule has 0 saturated heterocycles. The third-order valence-electron chi connectivity index (χ3n) is 3.51. The zero-order valence-electron chi connectivity index (χ0n) is 12.7. The van der Waals surface area contributed by atoms with Crippen LogP contribution in [0.5, 0.6) is 11.5 Å². The Hall–Kier alpha value is -2.81. The number of nitrogens with one attached hydrogen (secondary N) is 1. The fourth-order valence-corrected chi connectivity index (χ4v) is 2.93. The van der Waals surface area contributed by atoms with E-state index in [2.05, 4.69) is 5.32 Å². The summed E-state index contributed by atoms with van der Waals surface area (Å²) >= 11 is 0. The fourth-order valence-electron chi connectivity index (χ4n) is 2.29. The topological polar surface area (TPSA) is 108 Å². The smallest absolute Gasteiger partial charge is 0.293 e. The van der Waals surface area contributed by atoms with Gasteiger partial charge in [0, 0.05) is 18.9 Å². The van der Waals surface area contributed by atoms with Gasteiger partial charge in [-0.15, -0.1) is 0 Å². The van der Waals surface area contributed by atoms with Crippen LogP contribution in [0.25, 0.3) is 0 Å². The molecule has 0 aromatic heterocycles. The maximum atomic E-state index is 11.5. The van der Waals surface area contributed by atoms with Crippen LogP contribution in [0.3, 0.4) is 0 Å². The van der Waals surface area contributed by atoms with Gasteiger partial charge in [-0.25, -0.2) is 8.42 Å². The van der Waals surface area contributed by atoms with Crippen LogP contribution in [-0.4, -0.2) is 26.4 Å². The quantitative estimate of drug-likeness (QED) is 0.651. The fraction of sp³-hybridized carbons (Fsp3) is 0.200. The maximum absolute atomic E-state index is 11.5. The molecule has 1 N–H and O–H groups in total. The predicted octanol–water partition coefficient (Wildman–Crippen LogP) is 2.34. The van der Waals surface area contributed by atoms with E-state index in [1.54, 1.807) is 12.1 Å². The molecule has 0 bridgehead atoms. The van der Waals surface area contributed by atoms with Crippen molar-refractivity contribution in [1.82, 2.24) is 0 Å². The SMILES string of the molecule is CS(=O)(=O)c1ccc(NCc2ccc3c(c2)OCO3)c([N+](=O)[O-])c1. The molecule has 2 aromatic rings.